The first kappa shape index (κ1) is 60.8. The second kappa shape index (κ2) is 24.5. The van der Waals surface area contributed by atoms with Crippen LogP contribution in [0.15, 0.2) is 95.0 Å². The van der Waals surface area contributed by atoms with E-state index < -0.39 is 90.9 Å². The molecule has 3 N–H and O–H groups in total. The van der Waals surface area contributed by atoms with Gasteiger partial charge in [0.2, 0.25) is 0 Å². The molecular formula is C47H51ClF10N4O11S2. The maximum atomic E-state index is 13.8. The smallest absolute Gasteiger partial charge is 0.381 e. The van der Waals surface area contributed by atoms with E-state index in [-0.39, 0.29) is 91.5 Å². The molecule has 3 aliphatic heterocycles. The number of nitrogens with one attached hydrogen (secondary N) is 2. The lowest BCUT2D eigenvalue weighted by Crippen LogP contribution is -2.56. The van der Waals surface area contributed by atoms with Gasteiger partial charge in [0.15, 0.2) is 29.2 Å². The lowest BCUT2D eigenvalue weighted by atomic mass is 9.98. The van der Waals surface area contributed by atoms with E-state index in [9.17, 15) is 70.3 Å². The fourth-order valence-electron chi connectivity index (χ4n) is 8.21. The molecule has 15 nitrogen and oxygen atoms in total. The molecule has 0 saturated carbocycles. The highest BCUT2D eigenvalue weighted by Gasteiger charge is 2.58. The zero-order valence-electron chi connectivity index (χ0n) is 39.4. The minimum absolute atomic E-state index is 0. The number of hydroxylamine groups is 2. The van der Waals surface area contributed by atoms with Gasteiger partial charge in [0.25, 0.3) is 11.8 Å². The summed E-state index contributed by atoms with van der Waals surface area (Å²) in [5, 5.41) is 9.09. The number of halogens is 11. The fourth-order valence-corrected chi connectivity index (χ4v) is 12.1. The fraction of sp³-hybridized carbons (Fsp3) is 0.489. The number of benzene rings is 2. The predicted octanol–water partition coefficient (Wildman–Crippen LogP) is 8.56. The van der Waals surface area contributed by atoms with Crippen LogP contribution in [-0.4, -0.2) is 123 Å². The molecule has 2 aromatic heterocycles. The van der Waals surface area contributed by atoms with Crippen molar-refractivity contribution in [2.75, 3.05) is 39.6 Å². The first-order valence-corrected chi connectivity index (χ1v) is 25.8. The highest BCUT2D eigenvalue weighted by molar-refractivity contribution is 7.94. The van der Waals surface area contributed by atoms with E-state index in [0.29, 0.717) is 42.1 Å². The van der Waals surface area contributed by atoms with Crippen molar-refractivity contribution in [2.45, 2.75) is 114 Å². The number of alkyl halides is 10. The van der Waals surface area contributed by atoms with Gasteiger partial charge in [0.1, 0.15) is 6.10 Å². The summed E-state index contributed by atoms with van der Waals surface area (Å²) in [4.78, 5) is 38.9. The number of carbonyl (C=O) groups is 2. The van der Waals surface area contributed by atoms with Crippen LogP contribution in [0.25, 0.3) is 22.5 Å². The number of ether oxygens (including phenoxy) is 3. The Balaban J connectivity index is 0.000000277. The summed E-state index contributed by atoms with van der Waals surface area (Å²) in [7, 11) is -8.41. The SMILES string of the molecule is Cl.O=C(NO)C1(S(=O)(=O)c2ccc(-c3ccc(CCC(F)(F)C(F)(F)F)cn3)cc2)CCOCC1.O=C(NOC1CCCOC1)C1(S(=O)(=O)c2ccc(-c3ccc(CCC(F)(F)C(F)(F)F)cn3)cc2)CCOCC1. The third kappa shape index (κ3) is 13.8. The molecule has 2 amide bonds. The van der Waals surface area contributed by atoms with Gasteiger partial charge in [-0.3, -0.25) is 29.6 Å². The zero-order chi connectivity index (χ0) is 54.2. The summed E-state index contributed by atoms with van der Waals surface area (Å²) in [5.74, 6) is -11.4. The number of rotatable bonds is 16. The molecule has 1 unspecified atom stereocenters. The molecule has 0 spiro atoms. The van der Waals surface area contributed by atoms with Crippen molar-refractivity contribution in [1.29, 1.82) is 0 Å². The van der Waals surface area contributed by atoms with Crippen LogP contribution in [0.2, 0.25) is 0 Å². The number of sulfone groups is 2. The molecule has 414 valence electrons. The maximum Gasteiger partial charge on any atom is 0.453 e. The molecule has 3 saturated heterocycles. The van der Waals surface area contributed by atoms with Gasteiger partial charge in [-0.05, 0) is 98.9 Å². The molecule has 3 fully saturated rings. The topological polar surface area (TPSA) is 209 Å². The van der Waals surface area contributed by atoms with Crippen molar-refractivity contribution in [2.24, 2.45) is 0 Å². The van der Waals surface area contributed by atoms with Crippen LogP contribution in [-0.2, 0) is 61.2 Å². The summed E-state index contributed by atoms with van der Waals surface area (Å²) in [6.45, 7) is 1.08. The average Bonchev–Trinajstić information content (AvgIpc) is 3.39. The maximum absolute atomic E-state index is 13.8. The number of nitrogens with zero attached hydrogens (tertiary/aromatic N) is 2. The largest absolute Gasteiger partial charge is 0.453 e. The summed E-state index contributed by atoms with van der Waals surface area (Å²) in [5.41, 5.74) is 5.78. The molecule has 0 bridgehead atoms. The van der Waals surface area contributed by atoms with Gasteiger partial charge in [0.05, 0.1) is 27.8 Å². The molecular weight excluding hydrogens is 1090 g/mol. The molecule has 0 radical (unpaired) electrons. The molecule has 1 atom stereocenters. The first-order chi connectivity index (χ1) is 34.7. The second-order valence-corrected chi connectivity index (χ2v) is 22.1. The number of hydrogen-bond donors (Lipinski definition) is 3. The number of amides is 2. The molecule has 5 heterocycles. The number of aryl methyl sites for hydroxylation is 2. The van der Waals surface area contributed by atoms with Crippen LogP contribution in [0, 0.1) is 0 Å². The number of hydrogen-bond acceptors (Lipinski definition) is 13. The Labute approximate surface area is 430 Å². The Hall–Kier alpha value is -5.03. The molecule has 7 rings (SSSR count). The predicted molar refractivity (Wildman–Crippen MR) is 248 cm³/mol. The van der Waals surface area contributed by atoms with Crippen molar-refractivity contribution in [1.82, 2.24) is 20.9 Å². The van der Waals surface area contributed by atoms with E-state index in [2.05, 4.69) is 15.4 Å². The highest BCUT2D eigenvalue weighted by Crippen LogP contribution is 2.41. The number of aromatic nitrogens is 2. The first-order valence-electron chi connectivity index (χ1n) is 22.8. The molecule has 75 heavy (non-hydrogen) atoms. The van der Waals surface area contributed by atoms with Crippen LogP contribution in [0.3, 0.4) is 0 Å². The van der Waals surface area contributed by atoms with E-state index in [0.717, 1.165) is 6.42 Å². The van der Waals surface area contributed by atoms with Gasteiger partial charge in [-0.25, -0.2) is 27.8 Å². The van der Waals surface area contributed by atoms with E-state index in [1.807, 2.05) is 0 Å². The third-order valence-corrected chi connectivity index (χ3v) is 17.9. The Bertz CT molecular complexity index is 2760. The molecule has 2 aromatic carbocycles. The average molecular weight is 1140 g/mol. The van der Waals surface area contributed by atoms with Crippen LogP contribution in [0.1, 0.15) is 62.5 Å². The Morgan fingerprint density at radius 1 is 0.600 bits per heavy atom. The third-order valence-electron chi connectivity index (χ3n) is 12.9. The summed E-state index contributed by atoms with van der Waals surface area (Å²) in [6, 6.07) is 16.6. The summed E-state index contributed by atoms with van der Waals surface area (Å²) in [6.07, 6.45) is -12.1. The van der Waals surface area contributed by atoms with Crippen molar-refractivity contribution < 1.29 is 94.6 Å². The molecule has 4 aromatic rings. The number of pyridine rings is 2. The lowest BCUT2D eigenvalue weighted by Gasteiger charge is -2.35. The van der Waals surface area contributed by atoms with Crippen molar-refractivity contribution in [3.8, 4) is 22.5 Å². The Morgan fingerprint density at radius 3 is 1.33 bits per heavy atom. The molecule has 3 aliphatic rings. The normalized spacial score (nSPS) is 18.4. The van der Waals surface area contributed by atoms with Gasteiger partial charge >= 0.3 is 24.2 Å². The van der Waals surface area contributed by atoms with E-state index >= 15 is 0 Å². The highest BCUT2D eigenvalue weighted by atomic mass is 35.5. The van der Waals surface area contributed by atoms with Crippen LogP contribution in [0.4, 0.5) is 43.9 Å². The number of carbonyl (C=O) groups excluding carboxylic acids is 2. The van der Waals surface area contributed by atoms with Crippen LogP contribution in [0.5, 0.6) is 0 Å². The quantitative estimate of drug-likeness (QED) is 0.0546. The zero-order valence-corrected chi connectivity index (χ0v) is 41.9. The second-order valence-electron chi connectivity index (χ2n) is 17.6. The van der Waals surface area contributed by atoms with Crippen molar-refractivity contribution in [3.05, 3.63) is 96.3 Å². The lowest BCUT2D eigenvalue weighted by molar-refractivity contribution is -0.284. The van der Waals surface area contributed by atoms with E-state index in [4.69, 9.17) is 24.3 Å². The Kier molecular flexibility index (Phi) is 19.9. The van der Waals surface area contributed by atoms with Gasteiger partial charge in [-0.15, -0.1) is 12.4 Å². The Morgan fingerprint density at radius 2 is 1.00 bits per heavy atom. The summed E-state index contributed by atoms with van der Waals surface area (Å²) < 4.78 is 193. The van der Waals surface area contributed by atoms with Gasteiger partial charge < -0.3 is 14.2 Å². The molecule has 28 heteroatoms. The summed E-state index contributed by atoms with van der Waals surface area (Å²) >= 11 is 0. The standard InChI is InChI=1S/C26H29F5N2O6S.C21H21F5N2O5S.ClH/c27-25(28,26(29,30)31)10-9-18-3-8-22(32-16-18)19-4-6-21(7-5-19)40(35,36)24(11-14-37-15-12-24)23(34)33-39-20-2-1-13-38-17-20;22-20(23,21(24,25)26)8-7-14-1-6-17(27-13-14)15-2-4-16(5-3-15)34(31,32)19(18(29)28-30)9-11-33-12-10-19;/h3-8,16,20H,1-2,9-15,17H2,(H,33,34);1-6,13,30H,7-12H2,(H,28,29);1H. The monoisotopic (exact) mass is 1140 g/mol. The minimum atomic E-state index is -5.62. The van der Waals surface area contributed by atoms with Gasteiger partial charge in [0, 0.05) is 69.4 Å². The van der Waals surface area contributed by atoms with E-state index in [1.54, 1.807) is 0 Å². The van der Waals surface area contributed by atoms with E-state index in [1.165, 1.54) is 90.7 Å². The van der Waals surface area contributed by atoms with Crippen molar-refractivity contribution in [3.63, 3.8) is 0 Å². The van der Waals surface area contributed by atoms with Gasteiger partial charge in [-0.1, -0.05) is 36.4 Å². The van der Waals surface area contributed by atoms with Crippen molar-refractivity contribution >= 4 is 43.9 Å². The minimum Gasteiger partial charge on any atom is -0.381 e. The van der Waals surface area contributed by atoms with Crippen LogP contribution < -0.4 is 11.0 Å². The van der Waals surface area contributed by atoms with Gasteiger partial charge in [-0.2, -0.15) is 43.9 Å². The molecule has 0 aliphatic carbocycles. The van der Waals surface area contributed by atoms with Crippen LogP contribution >= 0.6 is 12.4 Å².